The highest BCUT2D eigenvalue weighted by atomic mass is 32.1. The molecule has 0 atom stereocenters. The quantitative estimate of drug-likeness (QED) is 0.160. The van der Waals surface area contributed by atoms with Gasteiger partial charge >= 0.3 is 0 Å². The standard InChI is InChI=1S/C58H44N2OS/c1-57(2)48-35-41(59(38-20-10-6-11-21-38)39-22-12-7-13-23-39)28-31-45(48)55-53(57)54-56(62-55)46-32-29-42(36-49(46)58(54,3)4)60(50-26-16-14-24-43(50)37-18-8-5-9-19-37)40-30-33-52-47(34-40)44-25-15-17-27-51(44)61-52/h5-36H,1-4H3. The molecule has 0 aliphatic heterocycles. The van der Waals surface area contributed by atoms with Gasteiger partial charge in [-0.15, -0.1) is 11.3 Å². The maximum absolute atomic E-state index is 6.32. The van der Waals surface area contributed by atoms with Crippen molar-refractivity contribution in [2.24, 2.45) is 0 Å². The molecule has 3 nitrogen and oxygen atoms in total. The van der Waals surface area contributed by atoms with Gasteiger partial charge in [0.1, 0.15) is 11.2 Å². The first-order valence-electron chi connectivity index (χ1n) is 21.5. The van der Waals surface area contributed by atoms with Crippen molar-refractivity contribution in [1.82, 2.24) is 0 Å². The molecule has 10 aromatic rings. The van der Waals surface area contributed by atoms with Crippen molar-refractivity contribution in [3.63, 3.8) is 0 Å². The third kappa shape index (κ3) is 5.43. The van der Waals surface area contributed by atoms with Gasteiger partial charge in [0, 0.05) is 65.4 Å². The summed E-state index contributed by atoms with van der Waals surface area (Å²) in [6.07, 6.45) is 0. The van der Waals surface area contributed by atoms with Gasteiger partial charge in [0.2, 0.25) is 0 Å². The molecule has 4 heteroatoms. The summed E-state index contributed by atoms with van der Waals surface area (Å²) < 4.78 is 6.32. The molecule has 0 unspecified atom stereocenters. The van der Waals surface area contributed by atoms with E-state index in [0.717, 1.165) is 50.4 Å². The van der Waals surface area contributed by atoms with Crippen LogP contribution in [0.15, 0.2) is 199 Å². The van der Waals surface area contributed by atoms with Crippen LogP contribution >= 0.6 is 11.3 Å². The molecular weight excluding hydrogens is 773 g/mol. The lowest BCUT2D eigenvalue weighted by molar-refractivity contribution is 0.603. The van der Waals surface area contributed by atoms with E-state index in [0.29, 0.717) is 0 Å². The zero-order valence-corrected chi connectivity index (χ0v) is 36.0. The summed E-state index contributed by atoms with van der Waals surface area (Å²) in [6.45, 7) is 9.76. The Hall–Kier alpha value is -7.14. The van der Waals surface area contributed by atoms with E-state index in [1.165, 1.54) is 59.9 Å². The van der Waals surface area contributed by atoms with E-state index in [-0.39, 0.29) is 10.8 Å². The Morgan fingerprint density at radius 1 is 0.387 bits per heavy atom. The number of fused-ring (bicyclic) bond motifs is 10. The molecule has 0 bridgehead atoms. The van der Waals surface area contributed by atoms with Crippen molar-refractivity contribution in [3.05, 3.63) is 216 Å². The number of hydrogen-bond acceptors (Lipinski definition) is 4. The molecule has 2 aromatic heterocycles. The molecule has 298 valence electrons. The van der Waals surface area contributed by atoms with E-state index in [9.17, 15) is 0 Å². The Morgan fingerprint density at radius 2 is 0.871 bits per heavy atom. The maximum atomic E-state index is 6.32. The molecule has 0 N–H and O–H groups in total. The van der Waals surface area contributed by atoms with Gasteiger partial charge in [-0.2, -0.15) is 0 Å². The van der Waals surface area contributed by atoms with Gasteiger partial charge < -0.3 is 14.2 Å². The van der Waals surface area contributed by atoms with Crippen LogP contribution in [0.5, 0.6) is 0 Å². The van der Waals surface area contributed by atoms with E-state index in [1.54, 1.807) is 0 Å². The third-order valence-electron chi connectivity index (χ3n) is 13.4. The Bertz CT molecular complexity index is 3320. The van der Waals surface area contributed by atoms with E-state index in [1.807, 2.05) is 17.4 Å². The van der Waals surface area contributed by atoms with Crippen LogP contribution in [0.2, 0.25) is 0 Å². The minimum absolute atomic E-state index is 0.199. The molecule has 8 aromatic carbocycles. The van der Waals surface area contributed by atoms with Gasteiger partial charge in [-0.1, -0.05) is 143 Å². The van der Waals surface area contributed by atoms with Crippen molar-refractivity contribution in [2.45, 2.75) is 38.5 Å². The predicted molar refractivity (Wildman–Crippen MR) is 262 cm³/mol. The van der Waals surface area contributed by atoms with Crippen molar-refractivity contribution in [1.29, 1.82) is 0 Å². The molecule has 0 spiro atoms. The lowest BCUT2D eigenvalue weighted by Crippen LogP contribution is -2.23. The van der Waals surface area contributed by atoms with Crippen LogP contribution in [0.3, 0.4) is 0 Å². The van der Waals surface area contributed by atoms with Gasteiger partial charge in [-0.3, -0.25) is 0 Å². The molecule has 0 amide bonds. The van der Waals surface area contributed by atoms with Crippen LogP contribution in [-0.4, -0.2) is 0 Å². The molecule has 0 radical (unpaired) electrons. The average Bonchev–Trinajstić information content (AvgIpc) is 4.01. The summed E-state index contributed by atoms with van der Waals surface area (Å²) in [4.78, 5) is 7.64. The van der Waals surface area contributed by atoms with Crippen molar-refractivity contribution < 1.29 is 4.42 Å². The monoisotopic (exact) mass is 816 g/mol. The molecular formula is C58H44N2OS. The number of para-hydroxylation sites is 4. The normalized spacial score (nSPS) is 14.1. The van der Waals surface area contributed by atoms with Gasteiger partial charge in [-0.25, -0.2) is 0 Å². The second kappa shape index (κ2) is 13.7. The first kappa shape index (κ1) is 36.7. The summed E-state index contributed by atoms with van der Waals surface area (Å²) in [6, 6.07) is 70.3. The molecule has 0 saturated heterocycles. The first-order chi connectivity index (χ1) is 30.3. The topological polar surface area (TPSA) is 19.6 Å². The minimum atomic E-state index is -0.234. The average molecular weight is 817 g/mol. The largest absolute Gasteiger partial charge is 0.456 e. The number of furan rings is 1. The van der Waals surface area contributed by atoms with E-state index in [2.05, 4.69) is 226 Å². The van der Waals surface area contributed by atoms with Crippen LogP contribution in [0.4, 0.5) is 34.1 Å². The lowest BCUT2D eigenvalue weighted by Gasteiger charge is -2.31. The van der Waals surface area contributed by atoms with Crippen LogP contribution in [0.1, 0.15) is 49.9 Å². The highest BCUT2D eigenvalue weighted by Crippen LogP contribution is 2.64. The zero-order valence-electron chi connectivity index (χ0n) is 35.2. The lowest BCUT2D eigenvalue weighted by atomic mass is 9.74. The zero-order chi connectivity index (χ0) is 41.7. The van der Waals surface area contributed by atoms with Crippen LogP contribution in [0.25, 0.3) is 53.9 Å². The summed E-state index contributed by atoms with van der Waals surface area (Å²) in [5, 5.41) is 2.23. The molecule has 2 aliphatic rings. The molecule has 12 rings (SSSR count). The molecule has 2 heterocycles. The van der Waals surface area contributed by atoms with Crippen LogP contribution < -0.4 is 9.80 Å². The second-order valence-electron chi connectivity index (χ2n) is 17.7. The Labute approximate surface area is 366 Å². The highest BCUT2D eigenvalue weighted by molar-refractivity contribution is 7.19. The van der Waals surface area contributed by atoms with E-state index >= 15 is 0 Å². The number of benzene rings is 8. The number of hydrogen-bond donors (Lipinski definition) is 0. The summed E-state index contributed by atoms with van der Waals surface area (Å²) >= 11 is 1.98. The smallest absolute Gasteiger partial charge is 0.135 e. The summed E-state index contributed by atoms with van der Waals surface area (Å²) in [7, 11) is 0. The number of thiophene rings is 1. The molecule has 62 heavy (non-hydrogen) atoms. The van der Waals surface area contributed by atoms with Gasteiger partial charge in [0.15, 0.2) is 0 Å². The van der Waals surface area contributed by atoms with Gasteiger partial charge in [0.25, 0.3) is 0 Å². The fourth-order valence-electron chi connectivity index (χ4n) is 10.5. The molecule has 0 saturated carbocycles. The van der Waals surface area contributed by atoms with Crippen molar-refractivity contribution in [2.75, 3.05) is 9.80 Å². The fourth-order valence-corrected chi connectivity index (χ4v) is 12.2. The van der Waals surface area contributed by atoms with Gasteiger partial charge in [-0.05, 0) is 118 Å². The Morgan fingerprint density at radius 3 is 1.50 bits per heavy atom. The number of rotatable bonds is 7. The molecule has 2 aliphatic carbocycles. The molecule has 0 fully saturated rings. The number of nitrogens with zero attached hydrogens (tertiary/aromatic N) is 2. The summed E-state index contributed by atoms with van der Waals surface area (Å²) in [5.74, 6) is 0. The Balaban J connectivity index is 0.992. The first-order valence-corrected chi connectivity index (χ1v) is 22.3. The SMILES string of the molecule is CC1(C)c2cc(N(c3ccccc3)c3ccccc3)ccc2-c2sc3c(c21)C(C)(C)c1cc(N(c2ccc4oc5ccccc5c4c2)c2ccccc2-c2ccccc2)ccc1-3. The summed E-state index contributed by atoms with van der Waals surface area (Å²) in [5.41, 5.74) is 18.9. The fraction of sp³-hybridized carbons (Fsp3) is 0.103. The van der Waals surface area contributed by atoms with E-state index < -0.39 is 0 Å². The number of anilines is 6. The van der Waals surface area contributed by atoms with Crippen molar-refractivity contribution >= 4 is 67.4 Å². The highest BCUT2D eigenvalue weighted by Gasteiger charge is 2.48. The Kier molecular flexibility index (Phi) is 8.10. The maximum Gasteiger partial charge on any atom is 0.135 e. The van der Waals surface area contributed by atoms with Crippen LogP contribution in [0, 0.1) is 0 Å². The third-order valence-corrected chi connectivity index (χ3v) is 14.7. The second-order valence-corrected chi connectivity index (χ2v) is 18.7. The van der Waals surface area contributed by atoms with Gasteiger partial charge in [0.05, 0.1) is 5.69 Å². The minimum Gasteiger partial charge on any atom is -0.456 e. The predicted octanol–water partition coefficient (Wildman–Crippen LogP) is 16.9. The van der Waals surface area contributed by atoms with Crippen molar-refractivity contribution in [3.8, 4) is 32.0 Å². The van der Waals surface area contributed by atoms with Crippen LogP contribution in [-0.2, 0) is 10.8 Å². The van der Waals surface area contributed by atoms with E-state index in [4.69, 9.17) is 4.42 Å².